The highest BCUT2D eigenvalue weighted by Gasteiger charge is 2.26. The van der Waals surface area contributed by atoms with Gasteiger partial charge < -0.3 is 9.15 Å². The van der Waals surface area contributed by atoms with E-state index in [4.69, 9.17) is 9.15 Å². The van der Waals surface area contributed by atoms with Gasteiger partial charge in [0.15, 0.2) is 0 Å². The number of hydrogen-bond acceptors (Lipinski definition) is 2. The van der Waals surface area contributed by atoms with E-state index in [1.54, 1.807) is 0 Å². The lowest BCUT2D eigenvalue weighted by Crippen LogP contribution is -1.98. The van der Waals surface area contributed by atoms with Gasteiger partial charge in [0.2, 0.25) is 0 Å². The first-order chi connectivity index (χ1) is 35.7. The fourth-order valence-electron chi connectivity index (χ4n) is 12.5. The van der Waals surface area contributed by atoms with E-state index in [0.29, 0.717) is 0 Å². The molecule has 15 aromatic rings. The summed E-state index contributed by atoms with van der Waals surface area (Å²) in [4.78, 5) is 0. The van der Waals surface area contributed by atoms with Gasteiger partial charge in [0.25, 0.3) is 0 Å². The molecule has 72 heavy (non-hydrogen) atoms. The normalized spacial score (nSPS) is 12.3. The maximum atomic E-state index is 7.02. The molecular weight excluding hydrogens is 873 g/mol. The van der Waals surface area contributed by atoms with Crippen molar-refractivity contribution < 1.29 is 9.15 Å². The molecule has 0 atom stereocenters. The molecule has 2 nitrogen and oxygen atoms in total. The predicted octanol–water partition coefficient (Wildman–Crippen LogP) is 20.1. The van der Waals surface area contributed by atoms with Crippen LogP contribution in [0.2, 0.25) is 0 Å². The number of benzene rings is 14. The van der Waals surface area contributed by atoms with Crippen LogP contribution in [-0.2, 0) is 0 Å². The van der Waals surface area contributed by atoms with Gasteiger partial charge in [0.1, 0.15) is 22.7 Å². The Hall–Kier alpha value is -9.50. The molecule has 0 bridgehead atoms. The van der Waals surface area contributed by atoms with E-state index in [9.17, 15) is 0 Å². The lowest BCUT2D eigenvalue weighted by molar-refractivity contribution is 0.487. The molecule has 0 radical (unpaired) electrons. The summed E-state index contributed by atoms with van der Waals surface area (Å²) >= 11 is 0. The van der Waals surface area contributed by atoms with Crippen LogP contribution in [0.1, 0.15) is 0 Å². The van der Waals surface area contributed by atoms with E-state index in [2.05, 4.69) is 243 Å². The number of fused-ring (bicyclic) bond motifs is 12. The van der Waals surface area contributed by atoms with Crippen LogP contribution in [0.25, 0.3) is 153 Å². The van der Waals surface area contributed by atoms with Gasteiger partial charge in [-0.2, -0.15) is 0 Å². The minimum Gasteiger partial charge on any atom is -0.456 e. The first-order valence-electron chi connectivity index (χ1n) is 24.8. The second-order valence-corrected chi connectivity index (χ2v) is 19.4. The lowest BCUT2D eigenvalue weighted by atomic mass is 9.84. The summed E-state index contributed by atoms with van der Waals surface area (Å²) in [6, 6.07) is 88.7. The third-order valence-corrected chi connectivity index (χ3v) is 15.6. The molecule has 0 saturated heterocycles. The number of furan rings is 1. The number of ether oxygens (including phenoxy) is 1. The van der Waals surface area contributed by atoms with Crippen molar-refractivity contribution >= 4 is 97.3 Å². The first-order valence-corrected chi connectivity index (χ1v) is 24.8. The summed E-state index contributed by atoms with van der Waals surface area (Å²) in [5.41, 5.74) is 13.5. The van der Waals surface area contributed by atoms with Crippen LogP contribution in [-0.4, -0.2) is 0 Å². The van der Waals surface area contributed by atoms with Gasteiger partial charge in [0, 0.05) is 27.3 Å². The largest absolute Gasteiger partial charge is 0.456 e. The maximum Gasteiger partial charge on any atom is 0.136 e. The van der Waals surface area contributed by atoms with Gasteiger partial charge in [0.05, 0.1) is 0 Å². The third-order valence-electron chi connectivity index (χ3n) is 15.6. The molecule has 0 amide bonds. The van der Waals surface area contributed by atoms with Crippen LogP contribution in [0.5, 0.6) is 11.5 Å². The minimum atomic E-state index is 0.836. The second-order valence-electron chi connectivity index (χ2n) is 19.4. The second kappa shape index (κ2) is 15.0. The van der Waals surface area contributed by atoms with Crippen molar-refractivity contribution in [1.29, 1.82) is 0 Å². The Morgan fingerprint density at radius 2 is 0.639 bits per heavy atom. The quantitative estimate of drug-likeness (QED) is 0.164. The fourth-order valence-corrected chi connectivity index (χ4v) is 12.5. The van der Waals surface area contributed by atoms with E-state index >= 15 is 0 Å². The molecule has 0 fully saturated rings. The van der Waals surface area contributed by atoms with Gasteiger partial charge in [-0.3, -0.25) is 0 Å². The molecular formula is C70H40O2. The summed E-state index contributed by atoms with van der Waals surface area (Å²) in [6.07, 6.45) is 0. The Morgan fingerprint density at radius 3 is 1.15 bits per heavy atom. The van der Waals surface area contributed by atoms with Crippen molar-refractivity contribution in [2.24, 2.45) is 0 Å². The highest BCUT2D eigenvalue weighted by molar-refractivity contribution is 6.27. The molecule has 2 heterocycles. The molecule has 332 valence electrons. The highest BCUT2D eigenvalue weighted by atomic mass is 16.5. The molecule has 1 aliphatic heterocycles. The Morgan fingerprint density at radius 1 is 0.222 bits per heavy atom. The molecule has 0 unspecified atom stereocenters. The lowest BCUT2D eigenvalue weighted by Gasteiger charge is -2.23. The van der Waals surface area contributed by atoms with Gasteiger partial charge in [-0.1, -0.05) is 194 Å². The van der Waals surface area contributed by atoms with E-state index in [1.807, 2.05) is 0 Å². The van der Waals surface area contributed by atoms with Crippen LogP contribution in [0, 0.1) is 0 Å². The zero-order chi connectivity index (χ0) is 47.0. The molecule has 0 spiro atoms. The van der Waals surface area contributed by atoms with Crippen molar-refractivity contribution in [2.75, 3.05) is 0 Å². The van der Waals surface area contributed by atoms with E-state index in [0.717, 1.165) is 66.5 Å². The van der Waals surface area contributed by atoms with Gasteiger partial charge in [-0.15, -0.1) is 0 Å². The van der Waals surface area contributed by atoms with Crippen molar-refractivity contribution in [1.82, 2.24) is 0 Å². The van der Waals surface area contributed by atoms with Crippen LogP contribution < -0.4 is 4.74 Å². The molecule has 0 aliphatic carbocycles. The third kappa shape index (κ3) is 5.66. The zero-order valence-corrected chi connectivity index (χ0v) is 38.9. The molecule has 1 aromatic heterocycles. The molecule has 0 saturated carbocycles. The smallest absolute Gasteiger partial charge is 0.136 e. The SMILES string of the molecule is c1ccc2cc(-c3c4ccccc4c(-c4ccc5c(c4)Oc4cccc6c4c-5cc4oc5cc(-c7c8ccccc8c(-c8ccc9ccccc9c8)c8ccccc78)ccc5c46)c4ccccc34)ccc2c1. The summed E-state index contributed by atoms with van der Waals surface area (Å²) in [5, 5.41) is 19.1. The van der Waals surface area contributed by atoms with Crippen molar-refractivity contribution in [3.8, 4) is 67.1 Å². The van der Waals surface area contributed by atoms with E-state index in [1.165, 1.54) is 98.0 Å². The average Bonchev–Trinajstić information content (AvgIpc) is 3.81. The van der Waals surface area contributed by atoms with Gasteiger partial charge >= 0.3 is 0 Å². The Labute approximate surface area is 414 Å². The Kier molecular flexibility index (Phi) is 8.20. The van der Waals surface area contributed by atoms with Crippen molar-refractivity contribution in [2.45, 2.75) is 0 Å². The summed E-state index contributed by atoms with van der Waals surface area (Å²) in [5.74, 6) is 1.69. The predicted molar refractivity (Wildman–Crippen MR) is 304 cm³/mol. The van der Waals surface area contributed by atoms with Crippen LogP contribution in [0.4, 0.5) is 0 Å². The summed E-state index contributed by atoms with van der Waals surface area (Å²) in [7, 11) is 0. The summed E-state index contributed by atoms with van der Waals surface area (Å²) in [6.45, 7) is 0. The Balaban J connectivity index is 0.854. The van der Waals surface area contributed by atoms with E-state index < -0.39 is 0 Å². The van der Waals surface area contributed by atoms with Crippen LogP contribution in [0.3, 0.4) is 0 Å². The van der Waals surface area contributed by atoms with Crippen LogP contribution in [0.15, 0.2) is 247 Å². The topological polar surface area (TPSA) is 22.4 Å². The van der Waals surface area contributed by atoms with Gasteiger partial charge in [-0.05, 0) is 163 Å². The highest BCUT2D eigenvalue weighted by Crippen LogP contribution is 2.53. The first kappa shape index (κ1) is 39.4. The zero-order valence-electron chi connectivity index (χ0n) is 38.9. The van der Waals surface area contributed by atoms with Crippen LogP contribution >= 0.6 is 0 Å². The number of rotatable bonds is 4. The maximum absolute atomic E-state index is 7.02. The van der Waals surface area contributed by atoms with Crippen molar-refractivity contribution in [3.63, 3.8) is 0 Å². The van der Waals surface area contributed by atoms with Crippen molar-refractivity contribution in [3.05, 3.63) is 243 Å². The molecule has 16 rings (SSSR count). The molecule has 0 N–H and O–H groups in total. The minimum absolute atomic E-state index is 0.836. The standard InChI is InChI=1S/C70H40O2/c1-3-16-43-36-45(30-28-41(43)14-1)65-50-18-5-9-22-54(50)67(55-23-10-6-19-51(55)65)47-32-34-49-60-40-64-69(59-26-13-27-61(70(59)60)71-62(49)38-47)58-35-33-48(39-63(58)72-64)68-56-24-11-7-20-52(56)66(53-21-8-12-25-57(53)68)46-31-29-42-15-2-4-17-44(42)37-46/h1-40H. The van der Waals surface area contributed by atoms with Gasteiger partial charge in [-0.25, -0.2) is 0 Å². The average molecular weight is 913 g/mol. The van der Waals surface area contributed by atoms with E-state index in [-0.39, 0.29) is 0 Å². The number of hydrogen-bond donors (Lipinski definition) is 0. The summed E-state index contributed by atoms with van der Waals surface area (Å²) < 4.78 is 14.0. The monoisotopic (exact) mass is 912 g/mol. The fraction of sp³-hybridized carbons (Fsp3) is 0. The Bertz CT molecular complexity index is 4730. The molecule has 2 heteroatoms. The molecule has 1 aliphatic rings. The molecule has 14 aromatic carbocycles.